The van der Waals surface area contributed by atoms with Gasteiger partial charge in [0, 0.05) is 0 Å². The number of esters is 1. The van der Waals surface area contributed by atoms with Crippen molar-refractivity contribution in [3.8, 4) is 17.6 Å². The molecular weight excluding hydrogens is 308 g/mol. The Hall–Kier alpha value is -3.59. The van der Waals surface area contributed by atoms with Gasteiger partial charge in [-0.1, -0.05) is 12.1 Å². The van der Waals surface area contributed by atoms with Gasteiger partial charge in [0.2, 0.25) is 0 Å². The van der Waals surface area contributed by atoms with Gasteiger partial charge in [0.15, 0.2) is 0 Å². The molecule has 0 aromatic heterocycles. The summed E-state index contributed by atoms with van der Waals surface area (Å²) in [6.07, 6.45) is 1.36. The second kappa shape index (κ2) is 7.61. The maximum atomic E-state index is 12.0. The summed E-state index contributed by atoms with van der Waals surface area (Å²) >= 11 is 0. The predicted molar refractivity (Wildman–Crippen MR) is 87.2 cm³/mol. The van der Waals surface area contributed by atoms with E-state index in [0.29, 0.717) is 22.6 Å². The first-order chi connectivity index (χ1) is 11.5. The van der Waals surface area contributed by atoms with Gasteiger partial charge in [-0.25, -0.2) is 4.79 Å². The molecule has 24 heavy (non-hydrogen) atoms. The smallest absolute Gasteiger partial charge is 0.343 e. The van der Waals surface area contributed by atoms with Crippen molar-refractivity contribution in [2.45, 2.75) is 0 Å². The average Bonchev–Trinajstić information content (AvgIpc) is 2.60. The molecule has 0 spiro atoms. The van der Waals surface area contributed by atoms with Gasteiger partial charge in [0.25, 0.3) is 5.91 Å². The van der Waals surface area contributed by atoms with Crippen molar-refractivity contribution < 1.29 is 19.1 Å². The third-order valence-electron chi connectivity index (χ3n) is 3.11. The van der Waals surface area contributed by atoms with E-state index in [-0.39, 0.29) is 5.57 Å². The molecule has 0 bridgehead atoms. The van der Waals surface area contributed by atoms with Crippen molar-refractivity contribution in [3.05, 3.63) is 65.2 Å². The number of carbonyl (C=O) groups excluding carboxylic acids is 2. The lowest BCUT2D eigenvalue weighted by Crippen LogP contribution is -2.12. The number of nitrogens with two attached hydrogens (primary N) is 1. The van der Waals surface area contributed by atoms with E-state index in [1.807, 2.05) is 0 Å². The van der Waals surface area contributed by atoms with Gasteiger partial charge >= 0.3 is 5.97 Å². The molecule has 2 rings (SSSR count). The van der Waals surface area contributed by atoms with E-state index in [4.69, 9.17) is 20.5 Å². The van der Waals surface area contributed by atoms with E-state index in [1.54, 1.807) is 61.7 Å². The third kappa shape index (κ3) is 4.21. The molecule has 0 heterocycles. The summed E-state index contributed by atoms with van der Waals surface area (Å²) in [7, 11) is 1.54. The molecule has 0 saturated heterocycles. The largest absolute Gasteiger partial charge is 0.497 e. The zero-order valence-electron chi connectivity index (χ0n) is 12.9. The molecule has 1 amide bonds. The number of nitrogens with zero attached hydrogens (tertiary/aromatic N) is 1. The summed E-state index contributed by atoms with van der Waals surface area (Å²) in [5.41, 5.74) is 5.89. The molecular formula is C18H14N2O4. The number of hydrogen-bond donors (Lipinski definition) is 1. The van der Waals surface area contributed by atoms with Crippen LogP contribution in [0.2, 0.25) is 0 Å². The molecule has 0 aliphatic rings. The number of amides is 1. The summed E-state index contributed by atoms with van der Waals surface area (Å²) in [6.45, 7) is 0. The number of primary amides is 1. The zero-order valence-corrected chi connectivity index (χ0v) is 12.9. The molecule has 0 atom stereocenters. The fourth-order valence-electron chi connectivity index (χ4n) is 1.85. The third-order valence-corrected chi connectivity index (χ3v) is 3.11. The van der Waals surface area contributed by atoms with Crippen LogP contribution in [-0.2, 0) is 4.79 Å². The monoisotopic (exact) mass is 322 g/mol. The highest BCUT2D eigenvalue weighted by Gasteiger charge is 2.09. The first-order valence-corrected chi connectivity index (χ1v) is 6.91. The van der Waals surface area contributed by atoms with Crippen molar-refractivity contribution in [3.63, 3.8) is 0 Å². The molecule has 0 saturated carbocycles. The molecule has 0 unspecified atom stereocenters. The molecule has 2 aromatic rings. The summed E-state index contributed by atoms with van der Waals surface area (Å²) in [5, 5.41) is 8.80. The number of methoxy groups -OCH3 is 1. The minimum atomic E-state index is -0.799. The summed E-state index contributed by atoms with van der Waals surface area (Å²) < 4.78 is 10.3. The Morgan fingerprint density at radius 2 is 1.62 bits per heavy atom. The van der Waals surface area contributed by atoms with E-state index in [0.717, 1.165) is 0 Å². The van der Waals surface area contributed by atoms with E-state index in [1.165, 1.54) is 6.08 Å². The first-order valence-electron chi connectivity index (χ1n) is 6.91. The van der Waals surface area contributed by atoms with Crippen LogP contribution >= 0.6 is 0 Å². The summed E-state index contributed by atoms with van der Waals surface area (Å²) in [5.74, 6) is -0.320. The second-order valence-electron chi connectivity index (χ2n) is 4.72. The van der Waals surface area contributed by atoms with Crippen molar-refractivity contribution >= 4 is 18.0 Å². The van der Waals surface area contributed by atoms with Crippen LogP contribution in [0.1, 0.15) is 15.9 Å². The lowest BCUT2D eigenvalue weighted by molar-refractivity contribution is -0.114. The molecule has 120 valence electrons. The molecule has 0 aliphatic heterocycles. The van der Waals surface area contributed by atoms with Gasteiger partial charge in [0.05, 0.1) is 12.7 Å². The summed E-state index contributed by atoms with van der Waals surface area (Å²) in [6, 6.07) is 14.6. The SMILES string of the molecule is COc1ccc(C(=O)Oc2ccc(/C=C(\C#N)C(N)=O)cc2)cc1. The lowest BCUT2D eigenvalue weighted by atomic mass is 10.1. The van der Waals surface area contributed by atoms with Crippen molar-refractivity contribution in [1.29, 1.82) is 5.26 Å². The van der Waals surface area contributed by atoms with Crippen molar-refractivity contribution in [1.82, 2.24) is 0 Å². The average molecular weight is 322 g/mol. The number of benzene rings is 2. The quantitative estimate of drug-likeness (QED) is 0.394. The minimum absolute atomic E-state index is 0.155. The fraction of sp³-hybridized carbons (Fsp3) is 0.0556. The van der Waals surface area contributed by atoms with Crippen LogP contribution in [0.4, 0.5) is 0 Å². The zero-order chi connectivity index (χ0) is 17.5. The Morgan fingerprint density at radius 1 is 1.04 bits per heavy atom. The lowest BCUT2D eigenvalue weighted by Gasteiger charge is -2.05. The number of carbonyl (C=O) groups is 2. The Balaban J connectivity index is 2.09. The fourth-order valence-corrected chi connectivity index (χ4v) is 1.85. The van der Waals surface area contributed by atoms with Crippen LogP contribution in [0.3, 0.4) is 0 Å². The normalized spacial score (nSPS) is 10.6. The van der Waals surface area contributed by atoms with Gasteiger partial charge in [-0.2, -0.15) is 5.26 Å². The van der Waals surface area contributed by atoms with Gasteiger partial charge < -0.3 is 15.2 Å². The van der Waals surface area contributed by atoms with Crippen LogP contribution in [0, 0.1) is 11.3 Å². The van der Waals surface area contributed by atoms with Gasteiger partial charge in [0.1, 0.15) is 23.1 Å². The Bertz CT molecular complexity index is 816. The molecule has 2 N–H and O–H groups in total. The van der Waals surface area contributed by atoms with E-state index >= 15 is 0 Å². The maximum absolute atomic E-state index is 12.0. The molecule has 2 aromatic carbocycles. The van der Waals surface area contributed by atoms with Gasteiger partial charge in [-0.15, -0.1) is 0 Å². The molecule has 6 nitrogen and oxygen atoms in total. The first kappa shape index (κ1) is 16.8. The number of ether oxygens (including phenoxy) is 2. The van der Waals surface area contributed by atoms with E-state index < -0.39 is 11.9 Å². The molecule has 0 aliphatic carbocycles. The Labute approximate surface area is 138 Å². The highest BCUT2D eigenvalue weighted by atomic mass is 16.5. The van der Waals surface area contributed by atoms with Crippen LogP contribution in [0.15, 0.2) is 54.1 Å². The predicted octanol–water partition coefficient (Wildman–Crippen LogP) is 2.31. The number of hydrogen-bond acceptors (Lipinski definition) is 5. The maximum Gasteiger partial charge on any atom is 0.343 e. The summed E-state index contributed by atoms with van der Waals surface area (Å²) in [4.78, 5) is 23.0. The van der Waals surface area contributed by atoms with Crippen molar-refractivity contribution in [2.24, 2.45) is 5.73 Å². The number of nitriles is 1. The van der Waals surface area contributed by atoms with E-state index in [2.05, 4.69) is 0 Å². The van der Waals surface area contributed by atoms with Crippen LogP contribution in [-0.4, -0.2) is 19.0 Å². The van der Waals surface area contributed by atoms with Gasteiger partial charge in [-0.05, 0) is 48.0 Å². The van der Waals surface area contributed by atoms with Gasteiger partial charge in [-0.3, -0.25) is 4.79 Å². The molecule has 0 fully saturated rings. The van der Waals surface area contributed by atoms with Crippen LogP contribution in [0.5, 0.6) is 11.5 Å². The molecule has 0 radical (unpaired) electrons. The minimum Gasteiger partial charge on any atom is -0.497 e. The topological polar surface area (TPSA) is 102 Å². The number of rotatable bonds is 5. The molecule has 6 heteroatoms. The Morgan fingerprint density at radius 3 is 2.12 bits per heavy atom. The highest BCUT2D eigenvalue weighted by Crippen LogP contribution is 2.17. The highest BCUT2D eigenvalue weighted by molar-refractivity contribution is 6.00. The van der Waals surface area contributed by atoms with Crippen LogP contribution in [0.25, 0.3) is 6.08 Å². The van der Waals surface area contributed by atoms with E-state index in [9.17, 15) is 9.59 Å². The standard InChI is InChI=1S/C18H14N2O4/c1-23-15-8-4-13(5-9-15)18(22)24-16-6-2-12(3-7-16)10-14(11-19)17(20)21/h2-10H,1H3,(H2,20,21)/b14-10+. The van der Waals surface area contributed by atoms with Crippen molar-refractivity contribution in [2.75, 3.05) is 7.11 Å². The Kier molecular flexibility index (Phi) is 5.32. The second-order valence-corrected chi connectivity index (χ2v) is 4.72. The van der Waals surface area contributed by atoms with Crippen LogP contribution < -0.4 is 15.2 Å².